The largest absolute Gasteiger partial charge is 0.490 e. The summed E-state index contributed by atoms with van der Waals surface area (Å²) in [7, 11) is 0. The molecular formula is C22H37FN2O. The molecule has 1 saturated carbocycles. The topological polar surface area (TPSA) is 47.3 Å². The van der Waals surface area contributed by atoms with Crippen LogP contribution >= 0.6 is 0 Å². The second-order valence-corrected chi connectivity index (χ2v) is 8.75. The molecule has 0 spiro atoms. The van der Waals surface area contributed by atoms with Crippen LogP contribution in [0.2, 0.25) is 0 Å². The SMILES string of the molecule is CC(C)(C)C(NCCCCCCCN)c1ccc(F)c(OCC2CC2)c1. The van der Waals surface area contributed by atoms with Crippen molar-refractivity contribution in [1.82, 2.24) is 5.32 Å². The highest BCUT2D eigenvalue weighted by atomic mass is 19.1. The predicted octanol–water partition coefficient (Wildman–Crippen LogP) is 5.20. The van der Waals surface area contributed by atoms with E-state index >= 15 is 0 Å². The monoisotopic (exact) mass is 364 g/mol. The Bertz CT molecular complexity index is 537. The molecule has 1 atom stereocenters. The van der Waals surface area contributed by atoms with Crippen molar-refractivity contribution in [3.8, 4) is 5.75 Å². The van der Waals surface area contributed by atoms with Crippen LogP contribution in [0.5, 0.6) is 5.75 Å². The number of nitrogens with two attached hydrogens (primary N) is 1. The molecule has 1 unspecified atom stereocenters. The molecule has 148 valence electrons. The standard InChI is InChI=1S/C22H37FN2O/c1-22(2,3)21(25-14-8-6-4-5-7-13-24)18-11-12-19(23)20(15-18)26-16-17-9-10-17/h11-12,15,17,21,25H,4-10,13-14,16,24H2,1-3H3. The zero-order valence-electron chi connectivity index (χ0n) is 16.8. The number of nitrogens with one attached hydrogen (secondary N) is 1. The van der Waals surface area contributed by atoms with Crippen LogP contribution in [0.3, 0.4) is 0 Å². The van der Waals surface area contributed by atoms with Crippen LogP contribution in [0, 0.1) is 17.2 Å². The van der Waals surface area contributed by atoms with Crippen LogP contribution in [-0.4, -0.2) is 19.7 Å². The van der Waals surface area contributed by atoms with Gasteiger partial charge in [0, 0.05) is 6.04 Å². The fraction of sp³-hybridized carbons (Fsp3) is 0.727. The molecule has 1 aromatic rings. The Balaban J connectivity index is 1.91. The summed E-state index contributed by atoms with van der Waals surface area (Å²) in [5.74, 6) is 0.753. The van der Waals surface area contributed by atoms with Gasteiger partial charge in [-0.15, -0.1) is 0 Å². The van der Waals surface area contributed by atoms with Crippen LogP contribution in [0.4, 0.5) is 4.39 Å². The van der Waals surface area contributed by atoms with Gasteiger partial charge in [0.2, 0.25) is 0 Å². The highest BCUT2D eigenvalue weighted by Gasteiger charge is 2.27. The minimum atomic E-state index is -0.262. The number of benzene rings is 1. The zero-order chi connectivity index (χ0) is 19.0. The average Bonchev–Trinajstić information content (AvgIpc) is 3.40. The van der Waals surface area contributed by atoms with Gasteiger partial charge in [-0.3, -0.25) is 0 Å². The summed E-state index contributed by atoms with van der Waals surface area (Å²) in [6, 6.07) is 5.51. The van der Waals surface area contributed by atoms with Gasteiger partial charge in [0.25, 0.3) is 0 Å². The summed E-state index contributed by atoms with van der Waals surface area (Å²) in [4.78, 5) is 0. The maximum Gasteiger partial charge on any atom is 0.165 e. The molecule has 0 aliphatic heterocycles. The van der Waals surface area contributed by atoms with E-state index in [2.05, 4.69) is 26.1 Å². The van der Waals surface area contributed by atoms with Crippen LogP contribution in [0.1, 0.15) is 77.3 Å². The Labute approximate surface area is 158 Å². The third-order valence-electron chi connectivity index (χ3n) is 5.06. The summed E-state index contributed by atoms with van der Waals surface area (Å²) < 4.78 is 19.8. The first kappa shape index (κ1) is 21.2. The first-order valence-electron chi connectivity index (χ1n) is 10.3. The minimum Gasteiger partial charge on any atom is -0.490 e. The molecule has 0 aromatic heterocycles. The minimum absolute atomic E-state index is 0.0468. The molecular weight excluding hydrogens is 327 g/mol. The van der Waals surface area contributed by atoms with Crippen LogP contribution < -0.4 is 15.8 Å². The van der Waals surface area contributed by atoms with Gasteiger partial charge in [0.05, 0.1) is 6.61 Å². The van der Waals surface area contributed by atoms with Gasteiger partial charge in [-0.05, 0) is 67.8 Å². The number of unbranched alkanes of at least 4 members (excludes halogenated alkanes) is 4. The molecule has 4 heteroatoms. The van der Waals surface area contributed by atoms with E-state index in [0.717, 1.165) is 31.5 Å². The maximum absolute atomic E-state index is 14.1. The maximum atomic E-state index is 14.1. The molecule has 2 rings (SSSR count). The van der Waals surface area contributed by atoms with Gasteiger partial charge in [0.15, 0.2) is 11.6 Å². The molecule has 0 saturated heterocycles. The third kappa shape index (κ3) is 7.24. The Morgan fingerprint density at radius 2 is 1.85 bits per heavy atom. The summed E-state index contributed by atoms with van der Waals surface area (Å²) >= 11 is 0. The summed E-state index contributed by atoms with van der Waals surface area (Å²) in [6.07, 6.45) is 8.38. The number of hydrogen-bond donors (Lipinski definition) is 2. The van der Waals surface area contributed by atoms with E-state index in [0.29, 0.717) is 18.3 Å². The van der Waals surface area contributed by atoms with Crippen LogP contribution in [-0.2, 0) is 0 Å². The lowest BCUT2D eigenvalue weighted by atomic mass is 9.82. The van der Waals surface area contributed by atoms with E-state index in [9.17, 15) is 4.39 Å². The van der Waals surface area contributed by atoms with Gasteiger partial charge in [0.1, 0.15) is 0 Å². The molecule has 0 bridgehead atoms. The first-order valence-corrected chi connectivity index (χ1v) is 10.3. The third-order valence-corrected chi connectivity index (χ3v) is 5.06. The van der Waals surface area contributed by atoms with Crippen LogP contribution in [0.25, 0.3) is 0 Å². The van der Waals surface area contributed by atoms with E-state index in [-0.39, 0.29) is 17.3 Å². The van der Waals surface area contributed by atoms with Crippen molar-refractivity contribution in [3.05, 3.63) is 29.6 Å². The molecule has 26 heavy (non-hydrogen) atoms. The van der Waals surface area contributed by atoms with E-state index < -0.39 is 0 Å². The second kappa shape index (κ2) is 10.3. The van der Waals surface area contributed by atoms with Gasteiger partial charge in [-0.1, -0.05) is 46.1 Å². The Morgan fingerprint density at radius 1 is 1.15 bits per heavy atom. The van der Waals surface area contributed by atoms with Gasteiger partial charge < -0.3 is 15.8 Å². The van der Waals surface area contributed by atoms with Crippen molar-refractivity contribution >= 4 is 0 Å². The van der Waals surface area contributed by atoms with Gasteiger partial charge in [-0.2, -0.15) is 0 Å². The van der Waals surface area contributed by atoms with Crippen molar-refractivity contribution in [1.29, 1.82) is 0 Å². The second-order valence-electron chi connectivity index (χ2n) is 8.75. The molecule has 1 fully saturated rings. The quantitative estimate of drug-likeness (QED) is 0.501. The highest BCUT2D eigenvalue weighted by Crippen LogP contribution is 2.36. The lowest BCUT2D eigenvalue weighted by Gasteiger charge is -2.32. The van der Waals surface area contributed by atoms with Crippen molar-refractivity contribution in [2.75, 3.05) is 19.7 Å². The summed E-state index contributed by atoms with van der Waals surface area (Å²) in [5, 5.41) is 3.69. The molecule has 0 radical (unpaired) electrons. The molecule has 0 amide bonds. The molecule has 1 aliphatic rings. The Hall–Kier alpha value is -1.13. The normalized spacial score (nSPS) is 15.9. The van der Waals surface area contributed by atoms with E-state index in [4.69, 9.17) is 10.5 Å². The van der Waals surface area contributed by atoms with Gasteiger partial charge in [-0.25, -0.2) is 4.39 Å². The lowest BCUT2D eigenvalue weighted by Crippen LogP contribution is -2.33. The first-order chi connectivity index (χ1) is 12.4. The zero-order valence-corrected chi connectivity index (χ0v) is 16.8. The van der Waals surface area contributed by atoms with Gasteiger partial charge >= 0.3 is 0 Å². The van der Waals surface area contributed by atoms with Crippen molar-refractivity contribution in [2.24, 2.45) is 17.1 Å². The average molecular weight is 365 g/mol. The highest BCUT2D eigenvalue weighted by molar-refractivity contribution is 5.33. The molecule has 1 aliphatic carbocycles. The van der Waals surface area contributed by atoms with E-state index in [1.165, 1.54) is 32.1 Å². The number of hydrogen-bond acceptors (Lipinski definition) is 3. The number of rotatable bonds is 12. The Morgan fingerprint density at radius 3 is 2.50 bits per heavy atom. The van der Waals surface area contributed by atoms with Crippen molar-refractivity contribution < 1.29 is 9.13 Å². The van der Waals surface area contributed by atoms with Crippen LogP contribution in [0.15, 0.2) is 18.2 Å². The number of ether oxygens (including phenoxy) is 1. The summed E-state index contributed by atoms with van der Waals surface area (Å²) in [5.41, 5.74) is 6.69. The Kier molecular flexibility index (Phi) is 8.36. The van der Waals surface area contributed by atoms with Crippen molar-refractivity contribution in [3.63, 3.8) is 0 Å². The number of halogens is 1. The van der Waals surface area contributed by atoms with Crippen molar-refractivity contribution in [2.45, 2.75) is 71.8 Å². The fourth-order valence-corrected chi connectivity index (χ4v) is 3.27. The lowest BCUT2D eigenvalue weighted by molar-refractivity contribution is 0.265. The molecule has 3 N–H and O–H groups in total. The van der Waals surface area contributed by atoms with E-state index in [1.807, 2.05) is 12.1 Å². The molecule has 3 nitrogen and oxygen atoms in total. The predicted molar refractivity (Wildman–Crippen MR) is 107 cm³/mol. The smallest absolute Gasteiger partial charge is 0.165 e. The summed E-state index contributed by atoms with van der Waals surface area (Å²) in [6.45, 7) is 9.07. The fourth-order valence-electron chi connectivity index (χ4n) is 3.27. The molecule has 0 heterocycles. The van der Waals surface area contributed by atoms with E-state index in [1.54, 1.807) is 6.07 Å². The molecule has 1 aromatic carbocycles.